The molecule has 0 fully saturated rings. The lowest BCUT2D eigenvalue weighted by Gasteiger charge is -1.98. The molecule has 1 aromatic carbocycles. The SMILES string of the molecule is CC.CC(=O)c1cc(F)ccc1O. The summed E-state index contributed by atoms with van der Waals surface area (Å²) in [5.74, 6) is -1.05. The van der Waals surface area contributed by atoms with Gasteiger partial charge in [0.1, 0.15) is 11.6 Å². The molecule has 13 heavy (non-hydrogen) atoms. The molecule has 0 unspecified atom stereocenters. The van der Waals surface area contributed by atoms with Crippen LogP contribution in [0, 0.1) is 5.82 Å². The van der Waals surface area contributed by atoms with Crippen LogP contribution in [0.3, 0.4) is 0 Å². The molecule has 0 aromatic heterocycles. The summed E-state index contributed by atoms with van der Waals surface area (Å²) in [6, 6.07) is 3.27. The number of halogens is 1. The zero-order valence-corrected chi connectivity index (χ0v) is 7.97. The molecule has 1 aromatic rings. The molecule has 0 radical (unpaired) electrons. The Bertz CT molecular complexity index is 295. The maximum Gasteiger partial charge on any atom is 0.163 e. The molecule has 3 heteroatoms. The maximum absolute atomic E-state index is 12.4. The van der Waals surface area contributed by atoms with E-state index in [2.05, 4.69) is 0 Å². The van der Waals surface area contributed by atoms with Gasteiger partial charge in [-0.1, -0.05) is 13.8 Å². The van der Waals surface area contributed by atoms with Crippen LogP contribution in [-0.2, 0) is 0 Å². The fourth-order valence-electron chi connectivity index (χ4n) is 0.790. The van der Waals surface area contributed by atoms with E-state index in [1.54, 1.807) is 0 Å². The molecule has 72 valence electrons. The van der Waals surface area contributed by atoms with Gasteiger partial charge >= 0.3 is 0 Å². The minimum Gasteiger partial charge on any atom is -0.507 e. The standard InChI is InChI=1S/C8H7FO2.C2H6/c1-5(10)7-4-6(9)2-3-8(7)11;1-2/h2-4,11H,1H3;1-2H3. The van der Waals surface area contributed by atoms with E-state index in [-0.39, 0.29) is 17.1 Å². The second-order valence-corrected chi connectivity index (χ2v) is 2.22. The molecule has 1 rings (SSSR count). The second-order valence-electron chi connectivity index (χ2n) is 2.22. The fourth-order valence-corrected chi connectivity index (χ4v) is 0.790. The number of phenolic OH excluding ortho intramolecular Hbond substituents is 1. The van der Waals surface area contributed by atoms with Gasteiger partial charge in [-0.3, -0.25) is 4.79 Å². The number of aromatic hydroxyl groups is 1. The van der Waals surface area contributed by atoms with Crippen molar-refractivity contribution < 1.29 is 14.3 Å². The molecule has 0 aliphatic carbocycles. The largest absolute Gasteiger partial charge is 0.507 e. The summed E-state index contributed by atoms with van der Waals surface area (Å²) in [6.45, 7) is 5.27. The third kappa shape index (κ3) is 3.23. The average molecular weight is 184 g/mol. The number of Topliss-reactive ketones (excluding diaryl/α,β-unsaturated/α-hetero) is 1. The molecule has 0 spiro atoms. The van der Waals surface area contributed by atoms with Crippen molar-refractivity contribution in [2.45, 2.75) is 20.8 Å². The first-order valence-electron chi connectivity index (χ1n) is 4.10. The summed E-state index contributed by atoms with van der Waals surface area (Å²) in [6.07, 6.45) is 0. The van der Waals surface area contributed by atoms with Crippen LogP contribution in [0.5, 0.6) is 5.75 Å². The van der Waals surface area contributed by atoms with E-state index in [9.17, 15) is 9.18 Å². The van der Waals surface area contributed by atoms with E-state index in [0.717, 1.165) is 18.2 Å². The molecule has 0 aliphatic heterocycles. The lowest BCUT2D eigenvalue weighted by molar-refractivity contribution is 0.101. The van der Waals surface area contributed by atoms with Crippen molar-refractivity contribution in [2.24, 2.45) is 0 Å². The topological polar surface area (TPSA) is 37.3 Å². The van der Waals surface area contributed by atoms with Crippen molar-refractivity contribution in [3.05, 3.63) is 29.6 Å². The number of hydrogen-bond donors (Lipinski definition) is 1. The summed E-state index contributed by atoms with van der Waals surface area (Å²) in [4.78, 5) is 10.7. The van der Waals surface area contributed by atoms with Crippen LogP contribution in [0.15, 0.2) is 18.2 Å². The van der Waals surface area contributed by atoms with Crippen molar-refractivity contribution >= 4 is 5.78 Å². The second kappa shape index (κ2) is 5.30. The molecular weight excluding hydrogens is 171 g/mol. The van der Waals surface area contributed by atoms with E-state index in [4.69, 9.17) is 5.11 Å². The van der Waals surface area contributed by atoms with Gasteiger partial charge in [-0.2, -0.15) is 0 Å². The Labute approximate surface area is 77.0 Å². The molecule has 0 heterocycles. The van der Waals surface area contributed by atoms with Gasteiger partial charge in [-0.25, -0.2) is 4.39 Å². The highest BCUT2D eigenvalue weighted by Crippen LogP contribution is 2.17. The highest BCUT2D eigenvalue weighted by atomic mass is 19.1. The number of carbonyl (C=O) groups excluding carboxylic acids is 1. The highest BCUT2D eigenvalue weighted by Gasteiger charge is 2.06. The summed E-state index contributed by atoms with van der Waals surface area (Å²) >= 11 is 0. The molecular formula is C10H13FO2. The molecule has 0 saturated heterocycles. The number of ketones is 1. The van der Waals surface area contributed by atoms with Crippen molar-refractivity contribution in [3.8, 4) is 5.75 Å². The van der Waals surface area contributed by atoms with Crippen molar-refractivity contribution in [2.75, 3.05) is 0 Å². The van der Waals surface area contributed by atoms with Crippen LogP contribution in [0.1, 0.15) is 31.1 Å². The predicted octanol–water partition coefficient (Wildman–Crippen LogP) is 2.76. The average Bonchev–Trinajstić information content (AvgIpc) is 2.12. The first-order chi connectivity index (χ1) is 6.11. The zero-order chi connectivity index (χ0) is 10.4. The van der Waals surface area contributed by atoms with Gasteiger partial charge in [0.2, 0.25) is 0 Å². The number of carbonyl (C=O) groups is 1. The lowest BCUT2D eigenvalue weighted by Crippen LogP contribution is -1.92. The third-order valence-electron chi connectivity index (χ3n) is 1.34. The normalized spacial score (nSPS) is 8.62. The fraction of sp³-hybridized carbons (Fsp3) is 0.300. The molecule has 0 atom stereocenters. The van der Waals surface area contributed by atoms with Crippen molar-refractivity contribution in [1.82, 2.24) is 0 Å². The van der Waals surface area contributed by atoms with Crippen LogP contribution in [0.4, 0.5) is 4.39 Å². The maximum atomic E-state index is 12.4. The minimum atomic E-state index is -0.520. The van der Waals surface area contributed by atoms with Gasteiger partial charge in [0, 0.05) is 0 Å². The van der Waals surface area contributed by atoms with Gasteiger partial charge < -0.3 is 5.11 Å². The Morgan fingerprint density at radius 1 is 1.38 bits per heavy atom. The molecule has 0 amide bonds. The smallest absolute Gasteiger partial charge is 0.163 e. The summed E-state index contributed by atoms with van der Waals surface area (Å²) < 4.78 is 12.4. The van der Waals surface area contributed by atoms with Gasteiger partial charge in [-0.15, -0.1) is 0 Å². The first kappa shape index (κ1) is 11.6. The molecule has 1 N–H and O–H groups in total. The number of hydrogen-bond acceptors (Lipinski definition) is 2. The summed E-state index contributed by atoms with van der Waals surface area (Å²) in [7, 11) is 0. The lowest BCUT2D eigenvalue weighted by atomic mass is 10.1. The zero-order valence-electron chi connectivity index (χ0n) is 7.97. The van der Waals surface area contributed by atoms with E-state index in [1.165, 1.54) is 6.92 Å². The van der Waals surface area contributed by atoms with Crippen LogP contribution in [0.25, 0.3) is 0 Å². The molecule has 2 nitrogen and oxygen atoms in total. The summed E-state index contributed by atoms with van der Waals surface area (Å²) in [5.41, 5.74) is 0.0185. The first-order valence-corrected chi connectivity index (χ1v) is 4.10. The monoisotopic (exact) mass is 184 g/mol. The molecule has 0 bridgehead atoms. The van der Waals surface area contributed by atoms with E-state index < -0.39 is 5.82 Å². The minimum absolute atomic E-state index is 0.0185. The van der Waals surface area contributed by atoms with Gasteiger partial charge in [0.25, 0.3) is 0 Å². The van der Waals surface area contributed by atoms with Gasteiger partial charge in [0.15, 0.2) is 5.78 Å². The molecule has 0 aliphatic rings. The van der Waals surface area contributed by atoms with E-state index in [1.807, 2.05) is 13.8 Å². The van der Waals surface area contributed by atoms with E-state index >= 15 is 0 Å². The van der Waals surface area contributed by atoms with Crippen LogP contribution >= 0.6 is 0 Å². The molecule has 0 saturated carbocycles. The number of benzene rings is 1. The Morgan fingerprint density at radius 2 is 1.92 bits per heavy atom. The number of phenols is 1. The quantitative estimate of drug-likeness (QED) is 0.681. The Balaban J connectivity index is 0.000000671. The Hall–Kier alpha value is -1.38. The van der Waals surface area contributed by atoms with Gasteiger partial charge in [-0.05, 0) is 25.1 Å². The highest BCUT2D eigenvalue weighted by molar-refractivity contribution is 5.96. The number of rotatable bonds is 1. The summed E-state index contributed by atoms with van der Waals surface area (Å²) in [5, 5.41) is 9.02. The predicted molar refractivity (Wildman–Crippen MR) is 49.4 cm³/mol. The Morgan fingerprint density at radius 3 is 2.31 bits per heavy atom. The van der Waals surface area contributed by atoms with Crippen LogP contribution in [0.2, 0.25) is 0 Å². The van der Waals surface area contributed by atoms with E-state index in [0.29, 0.717) is 0 Å². The van der Waals surface area contributed by atoms with Crippen LogP contribution in [-0.4, -0.2) is 10.9 Å². The van der Waals surface area contributed by atoms with Gasteiger partial charge in [0.05, 0.1) is 5.56 Å². The third-order valence-corrected chi connectivity index (χ3v) is 1.34. The van der Waals surface area contributed by atoms with Crippen LogP contribution < -0.4 is 0 Å². The van der Waals surface area contributed by atoms with Crippen molar-refractivity contribution in [3.63, 3.8) is 0 Å². The van der Waals surface area contributed by atoms with Crippen molar-refractivity contribution in [1.29, 1.82) is 0 Å². The Kier molecular flexibility index (Phi) is 4.74.